The van der Waals surface area contributed by atoms with Gasteiger partial charge in [0.15, 0.2) is 54.6 Å². The van der Waals surface area contributed by atoms with Gasteiger partial charge >= 0.3 is 0 Å². The predicted octanol–water partition coefficient (Wildman–Crippen LogP) is 4.58. The lowest BCUT2D eigenvalue weighted by molar-refractivity contribution is -0.0942. The summed E-state index contributed by atoms with van der Waals surface area (Å²) >= 11 is 0. The standard InChI is InChI=1S/2C27H35FN6O7S/c2*1-17(2)41-19-10-20(14-33(13-19)27-29-11-18(28)12-30-27)42(35,36)16-24-31-32-26(23-15-39-8-9-40-23)34(24)25-21(37-3)6-5-7-22(25)38-4/h2*5-7,11-12,17,19-20,23H,8-10,13-16H2,1-4H3/t19-,20+,23+;19-,20+,23-/m11/s1. The van der Waals surface area contributed by atoms with Gasteiger partial charge in [0.25, 0.3) is 0 Å². The van der Waals surface area contributed by atoms with Gasteiger partial charge in [0.1, 0.15) is 58.1 Å². The molecule has 0 unspecified atom stereocenters. The van der Waals surface area contributed by atoms with Gasteiger partial charge in [-0.1, -0.05) is 12.1 Å². The second kappa shape index (κ2) is 27.5. The third-order valence-corrected chi connectivity index (χ3v) is 18.1. The highest BCUT2D eigenvalue weighted by Gasteiger charge is 2.42. The van der Waals surface area contributed by atoms with E-state index in [1.807, 2.05) is 27.7 Å². The van der Waals surface area contributed by atoms with Crippen LogP contribution in [0.3, 0.4) is 0 Å². The molecular weight excluding hydrogens is 1140 g/mol. The van der Waals surface area contributed by atoms with E-state index in [4.69, 9.17) is 47.4 Å². The molecule has 456 valence electrons. The SMILES string of the molecule is COc1cccc(OC)c1-n1c(CS(=O)(=O)[C@H]2C[C@@H](OC(C)C)CN(c3ncc(F)cn3)C2)nnc1[C@@H]1COCCO1.COc1cccc(OC)c1-n1c(CS(=O)(=O)[C@H]2C[C@@H](OC(C)C)CN(c3ncc(F)cn3)C2)nnc1[C@H]1COCCO1. The fraction of sp³-hybridized carbons (Fsp3) is 0.556. The van der Waals surface area contributed by atoms with Crippen molar-refractivity contribution in [2.75, 3.05) is 104 Å². The lowest BCUT2D eigenvalue weighted by Gasteiger charge is -2.38. The quantitative estimate of drug-likeness (QED) is 0.101. The first-order chi connectivity index (χ1) is 40.4. The summed E-state index contributed by atoms with van der Waals surface area (Å²) in [6.45, 7) is 10.5. The molecule has 6 atom stereocenters. The van der Waals surface area contributed by atoms with E-state index >= 15 is 0 Å². The fourth-order valence-corrected chi connectivity index (χ4v) is 13.9. The molecule has 26 nitrogen and oxygen atoms in total. The summed E-state index contributed by atoms with van der Waals surface area (Å²) in [4.78, 5) is 19.7. The van der Waals surface area contributed by atoms with E-state index < -0.39 is 77.7 Å². The minimum Gasteiger partial charge on any atom is -0.494 e. The molecule has 0 bridgehead atoms. The zero-order valence-corrected chi connectivity index (χ0v) is 49.6. The third-order valence-electron chi connectivity index (χ3n) is 14.1. The Morgan fingerprint density at radius 1 is 0.536 bits per heavy atom. The molecule has 30 heteroatoms. The summed E-state index contributed by atoms with van der Waals surface area (Å²) in [6, 6.07) is 10.5. The highest BCUT2D eigenvalue weighted by molar-refractivity contribution is 7.91. The smallest absolute Gasteiger partial charge is 0.225 e. The van der Waals surface area contributed by atoms with Crippen molar-refractivity contribution in [2.24, 2.45) is 0 Å². The number of piperidine rings is 2. The van der Waals surface area contributed by atoms with Crippen molar-refractivity contribution >= 4 is 31.6 Å². The van der Waals surface area contributed by atoms with Gasteiger partial charge in [-0.2, -0.15) is 0 Å². The molecule has 6 aromatic rings. The molecule has 8 heterocycles. The monoisotopic (exact) mass is 1210 g/mol. The second-order valence-electron chi connectivity index (χ2n) is 20.7. The average molecular weight is 1210 g/mol. The first-order valence-electron chi connectivity index (χ1n) is 27.3. The number of para-hydroxylation sites is 2. The molecule has 0 saturated carbocycles. The van der Waals surface area contributed by atoms with Crippen LogP contribution in [0.5, 0.6) is 23.0 Å². The van der Waals surface area contributed by atoms with Crippen LogP contribution in [-0.2, 0) is 59.6 Å². The van der Waals surface area contributed by atoms with Crippen molar-refractivity contribution in [1.82, 2.24) is 49.5 Å². The number of anilines is 2. The fourth-order valence-electron chi connectivity index (χ4n) is 10.5. The molecule has 2 aromatic carbocycles. The molecule has 0 N–H and O–H groups in total. The van der Waals surface area contributed by atoms with Gasteiger partial charge in [-0.05, 0) is 64.8 Å². The highest BCUT2D eigenvalue weighted by atomic mass is 32.2. The average Bonchev–Trinajstić information content (AvgIpc) is 3.37. The van der Waals surface area contributed by atoms with Crippen LogP contribution in [0.25, 0.3) is 11.4 Å². The summed E-state index contributed by atoms with van der Waals surface area (Å²) < 4.78 is 144. The molecule has 4 saturated heterocycles. The number of rotatable bonds is 20. The normalized spacial score (nSPS) is 21.5. The van der Waals surface area contributed by atoms with Crippen molar-refractivity contribution < 1.29 is 73.0 Å². The van der Waals surface area contributed by atoms with Gasteiger partial charge in [-0.25, -0.2) is 45.6 Å². The lowest BCUT2D eigenvalue weighted by atomic mass is 10.1. The van der Waals surface area contributed by atoms with E-state index in [2.05, 4.69) is 40.3 Å². The van der Waals surface area contributed by atoms with Crippen LogP contribution in [0.15, 0.2) is 61.2 Å². The van der Waals surface area contributed by atoms with Crippen LogP contribution in [-0.4, -0.2) is 195 Å². The van der Waals surface area contributed by atoms with E-state index in [1.165, 1.54) is 28.4 Å². The summed E-state index contributed by atoms with van der Waals surface area (Å²) in [5.41, 5.74) is 0.903. The Balaban J connectivity index is 0.000000202. The topological polar surface area (TPSA) is 280 Å². The molecule has 4 aromatic heterocycles. The summed E-state index contributed by atoms with van der Waals surface area (Å²) in [5, 5.41) is 15.7. The molecule has 0 aliphatic carbocycles. The van der Waals surface area contributed by atoms with E-state index in [-0.39, 0.29) is 74.9 Å². The molecule has 4 fully saturated rings. The van der Waals surface area contributed by atoms with Crippen LogP contribution >= 0.6 is 0 Å². The maximum absolute atomic E-state index is 14.1. The number of ether oxygens (including phenoxy) is 10. The summed E-state index contributed by atoms with van der Waals surface area (Å²) in [6.07, 6.45) is 2.49. The third kappa shape index (κ3) is 14.5. The largest absolute Gasteiger partial charge is 0.494 e. The number of nitrogens with zero attached hydrogens (tertiary/aromatic N) is 12. The maximum Gasteiger partial charge on any atom is 0.225 e. The van der Waals surface area contributed by atoms with E-state index in [1.54, 1.807) is 55.3 Å². The highest BCUT2D eigenvalue weighted by Crippen LogP contribution is 2.39. The van der Waals surface area contributed by atoms with Crippen molar-refractivity contribution in [2.45, 2.75) is 99.2 Å². The van der Waals surface area contributed by atoms with E-state index in [9.17, 15) is 25.6 Å². The Morgan fingerprint density at radius 2 is 0.893 bits per heavy atom. The minimum atomic E-state index is -3.87. The van der Waals surface area contributed by atoms with Crippen molar-refractivity contribution in [1.29, 1.82) is 0 Å². The Kier molecular flexibility index (Phi) is 20.2. The zero-order chi connectivity index (χ0) is 59.7. The second-order valence-corrected chi connectivity index (χ2v) is 25.2. The minimum absolute atomic E-state index is 0.102. The van der Waals surface area contributed by atoms with Crippen LogP contribution in [0.4, 0.5) is 20.7 Å². The molecule has 0 spiro atoms. The number of hydrogen-bond donors (Lipinski definition) is 0. The number of benzene rings is 2. The van der Waals surface area contributed by atoms with Gasteiger partial charge in [0, 0.05) is 26.2 Å². The Morgan fingerprint density at radius 3 is 1.20 bits per heavy atom. The van der Waals surface area contributed by atoms with Gasteiger partial charge in [-0.15, -0.1) is 20.4 Å². The first-order valence-corrected chi connectivity index (χ1v) is 30.7. The predicted molar refractivity (Wildman–Crippen MR) is 298 cm³/mol. The summed E-state index contributed by atoms with van der Waals surface area (Å²) in [5.74, 6) is 1.24. The molecule has 0 radical (unpaired) electrons. The van der Waals surface area contributed by atoms with E-state index in [0.717, 1.165) is 24.8 Å². The number of sulfone groups is 2. The lowest BCUT2D eigenvalue weighted by Crippen LogP contribution is -2.51. The Hall–Kier alpha value is -6.80. The van der Waals surface area contributed by atoms with E-state index in [0.29, 0.717) is 85.5 Å². The number of aromatic nitrogens is 10. The first kappa shape index (κ1) is 61.8. The van der Waals surface area contributed by atoms with Gasteiger partial charge in [-0.3, -0.25) is 9.13 Å². The zero-order valence-electron chi connectivity index (χ0n) is 47.9. The maximum atomic E-state index is 14.1. The molecule has 4 aliphatic rings. The van der Waals surface area contributed by atoms with Crippen molar-refractivity contribution in [3.63, 3.8) is 0 Å². The Labute approximate surface area is 485 Å². The summed E-state index contributed by atoms with van der Waals surface area (Å²) in [7, 11) is -1.68. The number of methoxy groups -OCH3 is 4. The molecule has 10 rings (SSSR count). The molecule has 0 amide bonds. The van der Waals surface area contributed by atoms with Crippen LogP contribution in [0, 0.1) is 11.6 Å². The molecule has 84 heavy (non-hydrogen) atoms. The van der Waals surface area contributed by atoms with Crippen molar-refractivity contribution in [3.8, 4) is 34.4 Å². The van der Waals surface area contributed by atoms with Crippen LogP contribution < -0.4 is 28.7 Å². The number of hydrogen-bond acceptors (Lipinski definition) is 24. The Bertz CT molecular complexity index is 3100. The van der Waals surface area contributed by atoms with Gasteiger partial charge in [0.05, 0.1) is 128 Å². The molecule has 4 aliphatic heterocycles. The van der Waals surface area contributed by atoms with Gasteiger partial charge in [0.2, 0.25) is 11.9 Å². The van der Waals surface area contributed by atoms with Crippen LogP contribution in [0.2, 0.25) is 0 Å². The molecular formula is C54H70F2N12O14S2. The van der Waals surface area contributed by atoms with Gasteiger partial charge < -0.3 is 57.2 Å². The van der Waals surface area contributed by atoms with Crippen molar-refractivity contribution in [3.05, 3.63) is 96.1 Å². The number of halogens is 2. The van der Waals surface area contributed by atoms with Crippen LogP contribution in [0.1, 0.15) is 76.0 Å².